The zero-order valence-electron chi connectivity index (χ0n) is 22.4. The smallest absolute Gasteiger partial charge is 0.289 e. The highest BCUT2D eigenvalue weighted by molar-refractivity contribution is 5.99. The van der Waals surface area contributed by atoms with Gasteiger partial charge in [-0.2, -0.15) is 0 Å². The quantitative estimate of drug-likeness (QED) is 0.464. The van der Waals surface area contributed by atoms with Crippen LogP contribution in [0.3, 0.4) is 0 Å². The zero-order chi connectivity index (χ0) is 26.6. The Kier molecular flexibility index (Phi) is 6.78. The van der Waals surface area contributed by atoms with Crippen LogP contribution in [-0.2, 0) is 4.84 Å². The lowest BCUT2D eigenvalue weighted by Gasteiger charge is -2.60. The molecule has 4 aliphatic carbocycles. The van der Waals surface area contributed by atoms with Gasteiger partial charge in [0.1, 0.15) is 7.11 Å². The molecule has 0 aromatic carbocycles. The molecule has 1 aromatic heterocycles. The fraction of sp³-hybridized carbons (Fsp3) is 0.724. The fourth-order valence-electron chi connectivity index (χ4n) is 8.77. The van der Waals surface area contributed by atoms with Crippen molar-refractivity contribution < 1.29 is 27.9 Å². The van der Waals surface area contributed by atoms with Gasteiger partial charge in [0.25, 0.3) is 12.3 Å². The average molecular weight is 519 g/mol. The number of allylic oxidation sites excluding steroid dienone is 1. The molecule has 0 bridgehead atoms. The summed E-state index contributed by atoms with van der Waals surface area (Å²) >= 11 is 0. The third-order valence-corrected chi connectivity index (χ3v) is 10.7. The van der Waals surface area contributed by atoms with Crippen LogP contribution in [-0.4, -0.2) is 53.3 Å². The maximum absolute atomic E-state index is 13.7. The lowest BCUT2D eigenvalue weighted by atomic mass is 9.46. The molecule has 37 heavy (non-hydrogen) atoms. The highest BCUT2D eigenvalue weighted by atomic mass is 19.3. The van der Waals surface area contributed by atoms with Crippen LogP contribution in [0.4, 0.5) is 8.78 Å². The molecule has 1 amide bonds. The number of hydrogen-bond donors (Lipinski definition) is 1. The summed E-state index contributed by atoms with van der Waals surface area (Å²) in [4.78, 5) is 19.7. The van der Waals surface area contributed by atoms with E-state index in [2.05, 4.69) is 25.1 Å². The molecule has 6 unspecified atom stereocenters. The molecule has 204 valence electrons. The molecule has 0 aliphatic heterocycles. The number of rotatable bonds is 6. The van der Waals surface area contributed by atoms with E-state index in [-0.39, 0.29) is 23.0 Å². The lowest BCUT2D eigenvalue weighted by molar-refractivity contribution is -0.103. The van der Waals surface area contributed by atoms with Crippen molar-refractivity contribution in [2.24, 2.45) is 33.7 Å². The van der Waals surface area contributed by atoms with Crippen LogP contribution in [0, 0.1) is 28.6 Å². The third-order valence-electron chi connectivity index (χ3n) is 10.7. The molecule has 1 aromatic rings. The van der Waals surface area contributed by atoms with Crippen molar-refractivity contribution in [2.75, 3.05) is 13.7 Å². The van der Waals surface area contributed by atoms with Crippen molar-refractivity contribution in [3.05, 3.63) is 35.8 Å². The van der Waals surface area contributed by atoms with Crippen LogP contribution in [0.15, 0.2) is 39.6 Å². The number of carbonyl (C=O) groups excluding carboxylic acids is 1. The number of halogens is 2. The lowest BCUT2D eigenvalue weighted by Crippen LogP contribution is -2.60. The molecule has 7 atom stereocenters. The second kappa shape index (κ2) is 9.51. The Morgan fingerprint density at radius 2 is 2.00 bits per heavy atom. The predicted octanol–water partition coefficient (Wildman–Crippen LogP) is 6.07. The van der Waals surface area contributed by atoms with Crippen molar-refractivity contribution in [1.29, 1.82) is 0 Å². The van der Waals surface area contributed by atoms with Gasteiger partial charge in [-0.05, 0) is 86.5 Å². The Labute approximate surface area is 218 Å². The number of amides is 1. The first kappa shape index (κ1) is 26.4. The molecule has 1 N–H and O–H groups in total. The minimum atomic E-state index is -2.66. The number of oxime groups is 1. The first-order chi connectivity index (χ1) is 17.6. The summed E-state index contributed by atoms with van der Waals surface area (Å²) in [7, 11) is 1.57. The summed E-state index contributed by atoms with van der Waals surface area (Å²) in [6.07, 6.45) is 8.24. The van der Waals surface area contributed by atoms with E-state index >= 15 is 0 Å². The van der Waals surface area contributed by atoms with Gasteiger partial charge in [-0.3, -0.25) is 4.79 Å². The highest BCUT2D eigenvalue weighted by Crippen LogP contribution is 2.67. The zero-order valence-corrected chi connectivity index (χ0v) is 22.4. The van der Waals surface area contributed by atoms with Gasteiger partial charge in [0.15, 0.2) is 5.76 Å². The summed E-state index contributed by atoms with van der Waals surface area (Å²) in [6.45, 7) is 5.63. The van der Waals surface area contributed by atoms with Gasteiger partial charge < -0.3 is 19.3 Å². The highest BCUT2D eigenvalue weighted by Gasteiger charge is 2.66. The van der Waals surface area contributed by atoms with Crippen LogP contribution in [0.2, 0.25) is 0 Å². The van der Waals surface area contributed by atoms with Crippen LogP contribution in [0.25, 0.3) is 0 Å². The Hall–Kier alpha value is -2.22. The summed E-state index contributed by atoms with van der Waals surface area (Å²) in [5, 5.41) is 16.9. The molecule has 1 heterocycles. The van der Waals surface area contributed by atoms with Gasteiger partial charge in [0, 0.05) is 17.4 Å². The monoisotopic (exact) mass is 518 g/mol. The van der Waals surface area contributed by atoms with Crippen LogP contribution in [0.5, 0.6) is 0 Å². The van der Waals surface area contributed by atoms with E-state index in [1.807, 2.05) is 6.92 Å². The van der Waals surface area contributed by atoms with Crippen molar-refractivity contribution in [3.8, 4) is 0 Å². The molecule has 3 fully saturated rings. The van der Waals surface area contributed by atoms with E-state index in [9.17, 15) is 18.7 Å². The Morgan fingerprint density at radius 3 is 2.68 bits per heavy atom. The average Bonchev–Trinajstić information content (AvgIpc) is 3.48. The molecule has 0 spiro atoms. The van der Waals surface area contributed by atoms with Crippen LogP contribution in [0.1, 0.15) is 82.7 Å². The summed E-state index contributed by atoms with van der Waals surface area (Å²) in [6, 6.07) is 2.61. The Morgan fingerprint density at radius 1 is 1.22 bits per heavy atom. The van der Waals surface area contributed by atoms with Crippen molar-refractivity contribution >= 4 is 11.6 Å². The number of alkyl halides is 2. The maximum atomic E-state index is 13.7. The molecule has 4 aliphatic rings. The number of furan rings is 1. The minimum absolute atomic E-state index is 0.0113. The maximum Gasteiger partial charge on any atom is 0.289 e. The molecular formula is C29H40F2N2O4. The second-order valence-corrected chi connectivity index (χ2v) is 12.2. The van der Waals surface area contributed by atoms with Gasteiger partial charge in [-0.25, -0.2) is 8.78 Å². The van der Waals surface area contributed by atoms with E-state index < -0.39 is 35.9 Å². The molecule has 6 nitrogen and oxygen atoms in total. The van der Waals surface area contributed by atoms with E-state index in [1.165, 1.54) is 30.1 Å². The SMILES string of the molecule is CO/N=C1\C=C2C(CCC3(C)C(C(C)N(CC(F)F)C(=O)c4ccco4)CC[C@@]23O)C2(C)CCCCC12. The largest absolute Gasteiger partial charge is 0.459 e. The number of fused-ring (bicyclic) bond motifs is 5. The van der Waals surface area contributed by atoms with E-state index in [0.29, 0.717) is 18.8 Å². The number of aliphatic hydroxyl groups is 1. The predicted molar refractivity (Wildman–Crippen MR) is 136 cm³/mol. The second-order valence-electron chi connectivity index (χ2n) is 12.2. The van der Waals surface area contributed by atoms with E-state index in [4.69, 9.17) is 9.25 Å². The summed E-state index contributed by atoms with van der Waals surface area (Å²) < 4.78 is 32.6. The summed E-state index contributed by atoms with van der Waals surface area (Å²) in [5.41, 5.74) is 0.313. The normalized spacial score (nSPS) is 39.0. The molecule has 8 heteroatoms. The number of hydrogen-bond acceptors (Lipinski definition) is 5. The molecule has 3 saturated carbocycles. The van der Waals surface area contributed by atoms with Gasteiger partial charge in [-0.1, -0.05) is 31.8 Å². The number of carbonyl (C=O) groups is 1. The van der Waals surface area contributed by atoms with Crippen LogP contribution < -0.4 is 0 Å². The van der Waals surface area contributed by atoms with Crippen molar-refractivity contribution in [1.82, 2.24) is 4.90 Å². The third kappa shape index (κ3) is 3.96. The van der Waals surface area contributed by atoms with Gasteiger partial charge in [0.2, 0.25) is 0 Å². The molecule has 0 radical (unpaired) electrons. The topological polar surface area (TPSA) is 75.3 Å². The van der Waals surface area contributed by atoms with E-state index in [0.717, 1.165) is 37.0 Å². The van der Waals surface area contributed by atoms with Gasteiger partial charge >= 0.3 is 0 Å². The first-order valence-electron chi connectivity index (χ1n) is 13.7. The molecule has 5 rings (SSSR count). The number of nitrogens with zero attached hydrogens (tertiary/aromatic N) is 2. The van der Waals surface area contributed by atoms with Crippen LogP contribution >= 0.6 is 0 Å². The first-order valence-corrected chi connectivity index (χ1v) is 13.7. The standard InChI is InChI=1S/C29H40F2N2O4/c1-18(33(17-25(30)31)26(34)24-9-7-15-37-24)19-11-14-29(35)22-16-23(32-36-4)21-8-5-6-12-27(21,2)20(22)10-13-28(19,29)3/h7,9,15-16,18-21,25,35H,5-6,8,10-14,17H2,1-4H3/b32-23+/t18?,19?,20?,21?,27?,28?,29-/m1/s1. The molecular weight excluding hydrogens is 478 g/mol. The van der Waals surface area contributed by atoms with Crippen molar-refractivity contribution in [2.45, 2.75) is 90.2 Å². The molecule has 0 saturated heterocycles. The van der Waals surface area contributed by atoms with Crippen molar-refractivity contribution in [3.63, 3.8) is 0 Å². The summed E-state index contributed by atoms with van der Waals surface area (Å²) in [5.74, 6) is -0.0541. The van der Waals surface area contributed by atoms with Gasteiger partial charge in [0.05, 0.1) is 24.1 Å². The van der Waals surface area contributed by atoms with Gasteiger partial charge in [-0.15, -0.1) is 0 Å². The Balaban J connectivity index is 1.51. The van der Waals surface area contributed by atoms with E-state index in [1.54, 1.807) is 13.2 Å². The Bertz CT molecular complexity index is 1070. The minimum Gasteiger partial charge on any atom is -0.459 e. The fourth-order valence-corrected chi connectivity index (χ4v) is 8.77.